The Kier molecular flexibility index (Phi) is 3.13. The Balaban J connectivity index is 1.78. The maximum absolute atomic E-state index is 10.4. The van der Waals surface area contributed by atoms with E-state index in [0.29, 0.717) is 12.3 Å². The summed E-state index contributed by atoms with van der Waals surface area (Å²) in [6, 6.07) is 7.30. The fourth-order valence-corrected chi connectivity index (χ4v) is 3.81. The van der Waals surface area contributed by atoms with Crippen LogP contribution in [0.4, 0.5) is 0 Å². The molecule has 5 nitrogen and oxygen atoms in total. The van der Waals surface area contributed by atoms with Gasteiger partial charge in [0.1, 0.15) is 0 Å². The molecule has 0 fully saturated rings. The monoisotopic (exact) mass is 313 g/mol. The van der Waals surface area contributed by atoms with Crippen LogP contribution in [0.2, 0.25) is 0 Å². The molecule has 0 radical (unpaired) electrons. The molecule has 5 heteroatoms. The van der Waals surface area contributed by atoms with Crippen LogP contribution in [0.3, 0.4) is 0 Å². The van der Waals surface area contributed by atoms with Crippen molar-refractivity contribution in [3.8, 4) is 23.0 Å². The maximum atomic E-state index is 10.4. The van der Waals surface area contributed by atoms with Gasteiger partial charge in [-0.15, -0.1) is 0 Å². The number of aromatic hydroxyl groups is 3. The highest BCUT2D eigenvalue weighted by Crippen LogP contribution is 2.45. The molecule has 23 heavy (non-hydrogen) atoms. The summed E-state index contributed by atoms with van der Waals surface area (Å²) in [6.45, 7) is 1.52. The molecular formula is C18H19NO4. The van der Waals surface area contributed by atoms with Gasteiger partial charge < -0.3 is 20.1 Å². The number of phenolic OH excluding ortho intramolecular Hbond substituents is 3. The Morgan fingerprint density at radius 2 is 1.87 bits per heavy atom. The number of rotatable bonds is 1. The average Bonchev–Trinajstić information content (AvgIpc) is 2.55. The Morgan fingerprint density at radius 1 is 1.09 bits per heavy atom. The molecule has 0 aliphatic carbocycles. The second kappa shape index (κ2) is 5.06. The van der Waals surface area contributed by atoms with E-state index < -0.39 is 0 Å². The van der Waals surface area contributed by atoms with Gasteiger partial charge in [-0.2, -0.15) is 0 Å². The molecule has 2 aromatic rings. The average molecular weight is 313 g/mol. The number of fused-ring (bicyclic) bond motifs is 4. The number of methoxy groups -OCH3 is 1. The third-order valence-electron chi connectivity index (χ3n) is 5.04. The van der Waals surface area contributed by atoms with Crippen molar-refractivity contribution in [3.05, 3.63) is 46.5 Å². The van der Waals surface area contributed by atoms with Crippen LogP contribution in [0, 0.1) is 0 Å². The Hall–Kier alpha value is -2.40. The molecule has 0 bridgehead atoms. The van der Waals surface area contributed by atoms with Gasteiger partial charge >= 0.3 is 0 Å². The van der Waals surface area contributed by atoms with E-state index in [4.69, 9.17) is 4.74 Å². The molecule has 2 aliphatic rings. The first-order valence-electron chi connectivity index (χ1n) is 7.75. The van der Waals surface area contributed by atoms with Crippen LogP contribution >= 0.6 is 0 Å². The predicted molar refractivity (Wildman–Crippen MR) is 85.0 cm³/mol. The molecule has 0 unspecified atom stereocenters. The van der Waals surface area contributed by atoms with Crippen molar-refractivity contribution in [1.82, 2.24) is 4.90 Å². The SMILES string of the molecule is COc1ccc2c(c1O)CN1CCc3cc(O)c(O)cc3[C@@H]1C2. The molecule has 0 aromatic heterocycles. The highest BCUT2D eigenvalue weighted by molar-refractivity contribution is 5.53. The van der Waals surface area contributed by atoms with E-state index in [0.717, 1.165) is 41.6 Å². The van der Waals surface area contributed by atoms with Crippen LogP contribution in [0.25, 0.3) is 0 Å². The highest BCUT2D eigenvalue weighted by atomic mass is 16.5. The molecule has 3 N–H and O–H groups in total. The molecule has 2 aliphatic heterocycles. The van der Waals surface area contributed by atoms with Crippen molar-refractivity contribution >= 4 is 0 Å². The predicted octanol–water partition coefficient (Wildman–Crippen LogP) is 2.47. The molecule has 2 aromatic carbocycles. The van der Waals surface area contributed by atoms with Gasteiger partial charge in [0.25, 0.3) is 0 Å². The van der Waals surface area contributed by atoms with E-state index >= 15 is 0 Å². The van der Waals surface area contributed by atoms with E-state index in [1.54, 1.807) is 25.3 Å². The van der Waals surface area contributed by atoms with Crippen LogP contribution < -0.4 is 4.74 Å². The minimum atomic E-state index is -0.0750. The van der Waals surface area contributed by atoms with Crippen LogP contribution in [0.5, 0.6) is 23.0 Å². The first-order chi connectivity index (χ1) is 11.1. The van der Waals surface area contributed by atoms with Gasteiger partial charge in [-0.1, -0.05) is 6.07 Å². The summed E-state index contributed by atoms with van der Waals surface area (Å²) in [5, 5.41) is 29.9. The van der Waals surface area contributed by atoms with Crippen LogP contribution in [0.1, 0.15) is 28.3 Å². The van der Waals surface area contributed by atoms with Crippen molar-refractivity contribution in [2.45, 2.75) is 25.4 Å². The minimum Gasteiger partial charge on any atom is -0.504 e. The minimum absolute atomic E-state index is 0.0595. The maximum Gasteiger partial charge on any atom is 0.162 e. The third kappa shape index (κ3) is 2.11. The number of phenols is 3. The highest BCUT2D eigenvalue weighted by Gasteiger charge is 2.34. The number of nitrogens with zero attached hydrogens (tertiary/aromatic N) is 1. The van der Waals surface area contributed by atoms with E-state index in [1.807, 2.05) is 6.07 Å². The smallest absolute Gasteiger partial charge is 0.162 e. The normalized spacial score (nSPS) is 19.6. The number of hydrogen-bond acceptors (Lipinski definition) is 5. The van der Waals surface area contributed by atoms with Crippen molar-refractivity contribution in [1.29, 1.82) is 0 Å². The fraction of sp³-hybridized carbons (Fsp3) is 0.333. The van der Waals surface area contributed by atoms with E-state index in [2.05, 4.69) is 4.90 Å². The van der Waals surface area contributed by atoms with E-state index in [1.165, 1.54) is 0 Å². The van der Waals surface area contributed by atoms with Crippen LogP contribution in [-0.4, -0.2) is 33.9 Å². The molecule has 1 atom stereocenters. The lowest BCUT2D eigenvalue weighted by molar-refractivity contribution is 0.157. The van der Waals surface area contributed by atoms with Gasteiger partial charge in [0.05, 0.1) is 7.11 Å². The lowest BCUT2D eigenvalue weighted by atomic mass is 9.83. The molecule has 120 valence electrons. The van der Waals surface area contributed by atoms with Crippen molar-refractivity contribution in [2.24, 2.45) is 0 Å². The summed E-state index contributed by atoms with van der Waals surface area (Å²) in [5.74, 6) is 0.592. The van der Waals surface area contributed by atoms with Gasteiger partial charge in [-0.3, -0.25) is 4.90 Å². The largest absolute Gasteiger partial charge is 0.504 e. The first kappa shape index (κ1) is 14.2. The van der Waals surface area contributed by atoms with Gasteiger partial charge in [0, 0.05) is 24.7 Å². The zero-order valence-corrected chi connectivity index (χ0v) is 12.9. The summed E-state index contributed by atoms with van der Waals surface area (Å²) in [6.07, 6.45) is 1.59. The van der Waals surface area contributed by atoms with Crippen molar-refractivity contribution in [3.63, 3.8) is 0 Å². The van der Waals surface area contributed by atoms with Crippen molar-refractivity contribution in [2.75, 3.05) is 13.7 Å². The standard InChI is InChI=1S/C18H19NO4/c1-23-17-3-2-10-6-14-12-8-16(21)15(20)7-11(12)4-5-19(14)9-13(10)18(17)22/h2-3,7-8,14,20-22H,4-6,9H2,1H3/t14-/m0/s1. The van der Waals surface area contributed by atoms with E-state index in [9.17, 15) is 15.3 Å². The zero-order chi connectivity index (χ0) is 16.1. The Labute approximate surface area is 134 Å². The Morgan fingerprint density at radius 3 is 2.65 bits per heavy atom. The fourth-order valence-electron chi connectivity index (χ4n) is 3.81. The van der Waals surface area contributed by atoms with Crippen molar-refractivity contribution < 1.29 is 20.1 Å². The second-order valence-corrected chi connectivity index (χ2v) is 6.23. The van der Waals surface area contributed by atoms with E-state index in [-0.39, 0.29) is 23.3 Å². The lowest BCUT2D eigenvalue weighted by Crippen LogP contribution is -2.39. The first-order valence-corrected chi connectivity index (χ1v) is 7.75. The van der Waals surface area contributed by atoms with Gasteiger partial charge in [0.15, 0.2) is 23.0 Å². The topological polar surface area (TPSA) is 73.2 Å². The summed E-state index contributed by atoms with van der Waals surface area (Å²) in [4.78, 5) is 2.31. The van der Waals surface area contributed by atoms with Gasteiger partial charge in [0.2, 0.25) is 0 Å². The zero-order valence-electron chi connectivity index (χ0n) is 12.9. The number of benzene rings is 2. The molecule has 0 saturated heterocycles. The van der Waals surface area contributed by atoms with Gasteiger partial charge in [-0.05, 0) is 47.7 Å². The molecule has 2 heterocycles. The molecule has 0 spiro atoms. The van der Waals surface area contributed by atoms with Crippen LogP contribution in [-0.2, 0) is 19.4 Å². The molecule has 0 amide bonds. The second-order valence-electron chi connectivity index (χ2n) is 6.23. The summed E-state index contributed by atoms with van der Waals surface area (Å²) in [7, 11) is 1.56. The molecular weight excluding hydrogens is 294 g/mol. The van der Waals surface area contributed by atoms with Gasteiger partial charge in [-0.25, -0.2) is 0 Å². The lowest BCUT2D eigenvalue weighted by Gasteiger charge is -2.41. The number of hydrogen-bond donors (Lipinski definition) is 3. The summed E-state index contributed by atoms with van der Waals surface area (Å²) < 4.78 is 5.20. The molecule has 4 rings (SSSR count). The molecule has 0 saturated carbocycles. The Bertz CT molecular complexity index is 787. The summed E-state index contributed by atoms with van der Waals surface area (Å²) >= 11 is 0. The number of ether oxygens (including phenoxy) is 1. The quantitative estimate of drug-likeness (QED) is 0.705. The summed E-state index contributed by atoms with van der Waals surface area (Å²) in [5.41, 5.74) is 4.17. The third-order valence-corrected chi connectivity index (χ3v) is 5.04. The van der Waals surface area contributed by atoms with Crippen LogP contribution in [0.15, 0.2) is 24.3 Å².